The summed E-state index contributed by atoms with van der Waals surface area (Å²) in [4.78, 5) is 48.9. The predicted octanol–water partition coefficient (Wildman–Crippen LogP) is 5.51. The summed E-state index contributed by atoms with van der Waals surface area (Å²) in [6.45, 7) is 3.35. The van der Waals surface area contributed by atoms with E-state index in [0.717, 1.165) is 51.4 Å². The average Bonchev–Trinajstić information content (AvgIpc) is 2.88. The molecule has 0 N–H and O–H groups in total. The van der Waals surface area contributed by atoms with Crippen LogP contribution in [-0.2, 0) is 38.1 Å². The molecular formula is C27H48O8S2. The summed E-state index contributed by atoms with van der Waals surface area (Å²) in [6.07, 6.45) is 10.6. The second-order valence-corrected chi connectivity index (χ2v) is 10.3. The highest BCUT2D eigenvalue weighted by molar-refractivity contribution is 7.80. The largest absolute Gasteiger partial charge is 0.465 e. The SMILES string of the molecule is CCCCCCCC(=O)OCC(COC(=O)CCS)(COC(=O)CCS)COC(=O)CCCCCCC. The van der Waals surface area contributed by atoms with Crippen LogP contribution in [0.3, 0.4) is 0 Å². The minimum Gasteiger partial charge on any atom is -0.465 e. The highest BCUT2D eigenvalue weighted by atomic mass is 32.1. The van der Waals surface area contributed by atoms with Crippen LogP contribution in [0.2, 0.25) is 0 Å². The lowest BCUT2D eigenvalue weighted by Crippen LogP contribution is -2.44. The van der Waals surface area contributed by atoms with E-state index in [1.807, 2.05) is 0 Å². The van der Waals surface area contributed by atoms with E-state index in [1.165, 1.54) is 0 Å². The molecule has 0 aromatic rings. The first-order chi connectivity index (χ1) is 17.8. The Kier molecular flexibility index (Phi) is 22.8. The van der Waals surface area contributed by atoms with Crippen LogP contribution in [0.25, 0.3) is 0 Å². The Labute approximate surface area is 234 Å². The van der Waals surface area contributed by atoms with Crippen molar-refractivity contribution in [2.75, 3.05) is 37.9 Å². The van der Waals surface area contributed by atoms with Gasteiger partial charge in [-0.3, -0.25) is 19.2 Å². The van der Waals surface area contributed by atoms with Gasteiger partial charge in [0.25, 0.3) is 0 Å². The Morgan fingerprint density at radius 3 is 1.08 bits per heavy atom. The van der Waals surface area contributed by atoms with E-state index in [-0.39, 0.29) is 52.1 Å². The number of hydrogen-bond acceptors (Lipinski definition) is 10. The molecule has 0 aliphatic rings. The van der Waals surface area contributed by atoms with Crippen molar-refractivity contribution in [1.82, 2.24) is 0 Å². The molecule has 0 aliphatic heterocycles. The number of ether oxygens (including phenoxy) is 4. The first-order valence-corrected chi connectivity index (χ1v) is 14.9. The molecule has 0 aromatic carbocycles. The smallest absolute Gasteiger partial charge is 0.306 e. The zero-order valence-corrected chi connectivity index (χ0v) is 24.6. The Balaban J connectivity index is 5.27. The van der Waals surface area contributed by atoms with Crippen LogP contribution < -0.4 is 0 Å². The maximum atomic E-state index is 12.4. The Morgan fingerprint density at radius 2 is 0.784 bits per heavy atom. The fourth-order valence-electron chi connectivity index (χ4n) is 3.40. The van der Waals surface area contributed by atoms with Crippen LogP contribution in [0, 0.1) is 5.41 Å². The summed E-state index contributed by atoms with van der Waals surface area (Å²) in [5.74, 6) is -1.17. The normalized spacial score (nSPS) is 11.1. The van der Waals surface area contributed by atoms with Gasteiger partial charge in [0.1, 0.15) is 31.8 Å². The lowest BCUT2D eigenvalue weighted by Gasteiger charge is -2.31. The molecule has 37 heavy (non-hydrogen) atoms. The highest BCUT2D eigenvalue weighted by Crippen LogP contribution is 2.23. The Hall–Kier alpha value is -1.42. The molecule has 0 spiro atoms. The first kappa shape index (κ1) is 35.6. The maximum absolute atomic E-state index is 12.4. The van der Waals surface area contributed by atoms with E-state index < -0.39 is 29.3 Å². The van der Waals surface area contributed by atoms with Gasteiger partial charge in [0, 0.05) is 24.3 Å². The third-order valence-corrected chi connectivity index (χ3v) is 6.21. The summed E-state index contributed by atoms with van der Waals surface area (Å²) < 4.78 is 21.8. The molecule has 0 fully saturated rings. The maximum Gasteiger partial charge on any atom is 0.306 e. The van der Waals surface area contributed by atoms with Gasteiger partial charge < -0.3 is 18.9 Å². The van der Waals surface area contributed by atoms with Crippen LogP contribution in [0.5, 0.6) is 0 Å². The number of esters is 4. The molecule has 8 nitrogen and oxygen atoms in total. The van der Waals surface area contributed by atoms with Crippen LogP contribution in [0.1, 0.15) is 104 Å². The van der Waals surface area contributed by atoms with Crippen molar-refractivity contribution in [3.63, 3.8) is 0 Å². The summed E-state index contributed by atoms with van der Waals surface area (Å²) in [5.41, 5.74) is -1.21. The van der Waals surface area contributed by atoms with E-state index in [1.54, 1.807) is 0 Å². The number of unbranched alkanes of at least 4 members (excludes halogenated alkanes) is 8. The predicted molar refractivity (Wildman–Crippen MR) is 150 cm³/mol. The minimum absolute atomic E-state index is 0.0910. The number of carbonyl (C=O) groups is 4. The van der Waals surface area contributed by atoms with Gasteiger partial charge in [-0.1, -0.05) is 65.2 Å². The molecule has 0 radical (unpaired) electrons. The quantitative estimate of drug-likeness (QED) is 0.0685. The fourth-order valence-corrected chi connectivity index (χ4v) is 3.77. The van der Waals surface area contributed by atoms with Crippen molar-refractivity contribution < 1.29 is 38.1 Å². The number of carbonyl (C=O) groups excluding carboxylic acids is 4. The summed E-state index contributed by atoms with van der Waals surface area (Å²) in [5, 5.41) is 0. The van der Waals surface area contributed by atoms with E-state index in [2.05, 4.69) is 39.1 Å². The number of thiol groups is 2. The van der Waals surface area contributed by atoms with Gasteiger partial charge in [-0.2, -0.15) is 25.3 Å². The van der Waals surface area contributed by atoms with E-state index in [0.29, 0.717) is 24.3 Å². The highest BCUT2D eigenvalue weighted by Gasteiger charge is 2.37. The van der Waals surface area contributed by atoms with Crippen molar-refractivity contribution in [2.24, 2.45) is 5.41 Å². The minimum atomic E-state index is -1.21. The summed E-state index contributed by atoms with van der Waals surface area (Å²) in [6, 6.07) is 0. The van der Waals surface area contributed by atoms with Crippen LogP contribution in [0.4, 0.5) is 0 Å². The van der Waals surface area contributed by atoms with E-state index in [4.69, 9.17) is 18.9 Å². The molecule has 0 atom stereocenters. The van der Waals surface area contributed by atoms with Crippen LogP contribution in [-0.4, -0.2) is 61.8 Å². The molecule has 0 heterocycles. The molecule has 10 heteroatoms. The van der Waals surface area contributed by atoms with E-state index in [9.17, 15) is 19.2 Å². The Morgan fingerprint density at radius 1 is 0.486 bits per heavy atom. The van der Waals surface area contributed by atoms with Gasteiger partial charge in [-0.25, -0.2) is 0 Å². The molecule has 0 saturated carbocycles. The van der Waals surface area contributed by atoms with E-state index >= 15 is 0 Å². The summed E-state index contributed by atoms with van der Waals surface area (Å²) in [7, 11) is 0. The van der Waals surface area contributed by atoms with Crippen LogP contribution in [0.15, 0.2) is 0 Å². The third-order valence-electron chi connectivity index (χ3n) is 5.76. The van der Waals surface area contributed by atoms with Gasteiger partial charge in [-0.15, -0.1) is 0 Å². The molecule has 216 valence electrons. The van der Waals surface area contributed by atoms with Crippen molar-refractivity contribution >= 4 is 49.1 Å². The zero-order valence-electron chi connectivity index (χ0n) is 22.8. The molecular weight excluding hydrogens is 516 g/mol. The lowest BCUT2D eigenvalue weighted by atomic mass is 9.92. The monoisotopic (exact) mass is 564 g/mol. The lowest BCUT2D eigenvalue weighted by molar-refractivity contribution is -0.170. The fraction of sp³-hybridized carbons (Fsp3) is 0.852. The molecule has 0 amide bonds. The molecule has 0 aromatic heterocycles. The Bertz CT molecular complexity index is 588. The third kappa shape index (κ3) is 20.2. The topological polar surface area (TPSA) is 105 Å². The summed E-state index contributed by atoms with van der Waals surface area (Å²) >= 11 is 8.09. The molecule has 0 unspecified atom stereocenters. The van der Waals surface area contributed by atoms with Gasteiger partial charge in [0.05, 0.1) is 12.8 Å². The second kappa shape index (κ2) is 23.7. The molecule has 0 aliphatic carbocycles. The molecule has 0 bridgehead atoms. The van der Waals surface area contributed by atoms with Crippen molar-refractivity contribution in [3.8, 4) is 0 Å². The van der Waals surface area contributed by atoms with Gasteiger partial charge in [0.2, 0.25) is 0 Å². The van der Waals surface area contributed by atoms with Gasteiger partial charge in [0.15, 0.2) is 0 Å². The average molecular weight is 565 g/mol. The standard InChI is InChI=1S/C27H48O8S2/c1-3-5-7-9-11-13-23(28)32-19-27(21-34-25(30)15-17-36,22-35-26(31)16-18-37)20-33-24(29)14-12-10-8-6-4-2/h36-37H,3-22H2,1-2H3. The zero-order chi connectivity index (χ0) is 27.8. The molecule has 0 saturated heterocycles. The second-order valence-electron chi connectivity index (χ2n) is 9.42. The van der Waals surface area contributed by atoms with Crippen molar-refractivity contribution in [3.05, 3.63) is 0 Å². The van der Waals surface area contributed by atoms with Crippen LogP contribution >= 0.6 is 25.3 Å². The number of rotatable bonds is 24. The number of hydrogen-bond donors (Lipinski definition) is 2. The first-order valence-electron chi connectivity index (χ1n) is 13.7. The van der Waals surface area contributed by atoms with Crippen molar-refractivity contribution in [2.45, 2.75) is 104 Å². The van der Waals surface area contributed by atoms with Crippen molar-refractivity contribution in [1.29, 1.82) is 0 Å². The van der Waals surface area contributed by atoms with Gasteiger partial charge in [-0.05, 0) is 12.8 Å². The van der Waals surface area contributed by atoms with Gasteiger partial charge >= 0.3 is 23.9 Å². The molecule has 0 rings (SSSR count).